The third-order valence-corrected chi connectivity index (χ3v) is 10.2. The summed E-state index contributed by atoms with van der Waals surface area (Å²) < 4.78 is 2.28. The van der Waals surface area contributed by atoms with E-state index in [0.29, 0.717) is 11.1 Å². The maximum Gasteiger partial charge on any atom is 0.101 e. The van der Waals surface area contributed by atoms with Gasteiger partial charge in [-0.05, 0) is 95.3 Å². The Balaban J connectivity index is 1.21. The van der Waals surface area contributed by atoms with E-state index in [0.717, 1.165) is 46.7 Å². The lowest BCUT2D eigenvalue weighted by Gasteiger charge is -2.36. The molecule has 9 rings (SSSR count). The Hall–Kier alpha value is -6.36. The first-order valence-electron chi connectivity index (χ1n) is 16.4. The van der Waals surface area contributed by atoms with Crippen LogP contribution in [-0.2, 0) is 6.42 Å². The minimum absolute atomic E-state index is 0.0381. The second-order valence-electron chi connectivity index (χ2n) is 12.6. The zero-order valence-electron chi connectivity index (χ0n) is 26.2. The maximum atomic E-state index is 10.1. The number of para-hydroxylation sites is 3. The molecule has 0 N–H and O–H groups in total. The van der Waals surface area contributed by atoms with Gasteiger partial charge in [0.2, 0.25) is 0 Å². The molecule has 0 fully saturated rings. The van der Waals surface area contributed by atoms with Crippen molar-refractivity contribution >= 4 is 39.5 Å². The SMILES string of the molecule is N#Cc1ccc2c(c1)C1=CC=CC(c3ccccc3C3=Cc4c(c5ccccc5n4-c4ccccc4C#N)CC3)C1N2c1ccccc1. The fraction of sp³-hybridized carbons (Fsp3) is 0.0909. The molecule has 4 nitrogen and oxygen atoms in total. The summed E-state index contributed by atoms with van der Waals surface area (Å²) in [7, 11) is 0. The smallest absolute Gasteiger partial charge is 0.101 e. The summed E-state index contributed by atoms with van der Waals surface area (Å²) in [5, 5.41) is 21.1. The molecule has 0 saturated carbocycles. The van der Waals surface area contributed by atoms with Crippen molar-refractivity contribution in [3.63, 3.8) is 0 Å². The molecular weight excluding hydrogens is 585 g/mol. The monoisotopic (exact) mass is 614 g/mol. The molecule has 2 aliphatic carbocycles. The maximum absolute atomic E-state index is 10.1. The van der Waals surface area contributed by atoms with E-state index in [4.69, 9.17) is 0 Å². The molecule has 1 aromatic heterocycles. The van der Waals surface area contributed by atoms with Crippen LogP contribution in [0.25, 0.3) is 33.8 Å². The first kappa shape index (κ1) is 27.9. The van der Waals surface area contributed by atoms with Crippen LogP contribution in [0.15, 0.2) is 140 Å². The third-order valence-electron chi connectivity index (χ3n) is 10.2. The van der Waals surface area contributed by atoms with Crippen molar-refractivity contribution in [2.75, 3.05) is 4.90 Å². The van der Waals surface area contributed by atoms with Crippen molar-refractivity contribution in [2.45, 2.75) is 24.8 Å². The first-order chi connectivity index (χ1) is 23.7. The number of fused-ring (bicyclic) bond motifs is 6. The predicted molar refractivity (Wildman–Crippen MR) is 194 cm³/mol. The molecule has 2 unspecified atom stereocenters. The van der Waals surface area contributed by atoms with Crippen LogP contribution in [0.4, 0.5) is 11.4 Å². The molecule has 0 spiro atoms. The van der Waals surface area contributed by atoms with Gasteiger partial charge >= 0.3 is 0 Å². The lowest BCUT2D eigenvalue weighted by Crippen LogP contribution is -2.33. The summed E-state index contributed by atoms with van der Waals surface area (Å²) in [5.74, 6) is 0.0758. The Labute approximate surface area is 280 Å². The topological polar surface area (TPSA) is 55.8 Å². The fourth-order valence-corrected chi connectivity index (χ4v) is 8.14. The van der Waals surface area contributed by atoms with E-state index in [-0.39, 0.29) is 12.0 Å². The third kappa shape index (κ3) is 4.20. The highest BCUT2D eigenvalue weighted by Crippen LogP contribution is 2.52. The average molecular weight is 615 g/mol. The van der Waals surface area contributed by atoms with Crippen LogP contribution in [0.5, 0.6) is 0 Å². The number of allylic oxidation sites excluding steroid dienone is 3. The summed E-state index contributed by atoms with van der Waals surface area (Å²) in [5.41, 5.74) is 14.3. The van der Waals surface area contributed by atoms with Crippen molar-refractivity contribution in [1.29, 1.82) is 10.5 Å². The normalized spacial score (nSPS) is 17.5. The number of rotatable bonds is 4. The highest BCUT2D eigenvalue weighted by atomic mass is 15.2. The van der Waals surface area contributed by atoms with Crippen LogP contribution in [0.1, 0.15) is 51.4 Å². The Morgan fingerprint density at radius 3 is 2.35 bits per heavy atom. The van der Waals surface area contributed by atoms with Crippen LogP contribution in [0.3, 0.4) is 0 Å². The van der Waals surface area contributed by atoms with Gasteiger partial charge in [-0.2, -0.15) is 10.5 Å². The van der Waals surface area contributed by atoms with E-state index in [1.165, 1.54) is 33.2 Å². The molecular formula is C44H30N4. The number of hydrogen-bond acceptors (Lipinski definition) is 3. The molecule has 2 heterocycles. The standard InChI is InChI=1S/C44H30N4/c45-27-29-21-24-42-39(25-29)38-18-10-17-37(44(38)47(42)32-12-2-1-3-13-32)34-15-6-5-14-33(34)30-22-23-36-35-16-7-9-20-41(35)48(43(36)26-30)40-19-8-4-11-31(40)28-46/h1-21,24-26,37,44H,22-23H2. The van der Waals surface area contributed by atoms with Gasteiger partial charge in [0.05, 0.1) is 40.1 Å². The summed E-state index contributed by atoms with van der Waals surface area (Å²) in [6, 6.07) is 46.8. The predicted octanol–water partition coefficient (Wildman–Crippen LogP) is 10.1. The van der Waals surface area contributed by atoms with Crippen molar-refractivity contribution in [2.24, 2.45) is 0 Å². The number of benzene rings is 5. The molecule has 0 amide bonds. The highest BCUT2D eigenvalue weighted by Gasteiger charge is 2.41. The number of nitrogens with zero attached hydrogens (tertiary/aromatic N) is 4. The van der Waals surface area contributed by atoms with Crippen LogP contribution in [0, 0.1) is 22.7 Å². The van der Waals surface area contributed by atoms with E-state index in [1.807, 2.05) is 30.3 Å². The molecule has 5 aromatic carbocycles. The molecule has 48 heavy (non-hydrogen) atoms. The lowest BCUT2D eigenvalue weighted by atomic mass is 9.78. The van der Waals surface area contributed by atoms with Gasteiger partial charge < -0.3 is 9.47 Å². The van der Waals surface area contributed by atoms with Crippen LogP contribution < -0.4 is 4.90 Å². The van der Waals surface area contributed by atoms with Gasteiger partial charge in [-0.3, -0.25) is 0 Å². The van der Waals surface area contributed by atoms with E-state index in [2.05, 4.69) is 137 Å². The minimum Gasteiger partial charge on any atom is -0.332 e. The van der Waals surface area contributed by atoms with Gasteiger partial charge in [0.1, 0.15) is 6.07 Å². The molecule has 4 heteroatoms. The average Bonchev–Trinajstić information content (AvgIpc) is 3.67. The molecule has 2 atom stereocenters. The van der Waals surface area contributed by atoms with Crippen LogP contribution in [0.2, 0.25) is 0 Å². The first-order valence-corrected chi connectivity index (χ1v) is 16.4. The largest absolute Gasteiger partial charge is 0.332 e. The molecule has 0 bridgehead atoms. The second kappa shape index (κ2) is 11.2. The summed E-state index contributed by atoms with van der Waals surface area (Å²) in [4.78, 5) is 2.46. The molecule has 6 aromatic rings. The van der Waals surface area contributed by atoms with Gasteiger partial charge in [0.25, 0.3) is 0 Å². The molecule has 0 radical (unpaired) electrons. The van der Waals surface area contributed by atoms with E-state index in [9.17, 15) is 10.5 Å². The summed E-state index contributed by atoms with van der Waals surface area (Å²) >= 11 is 0. The summed E-state index contributed by atoms with van der Waals surface area (Å²) in [6.07, 6.45) is 11.0. The zero-order valence-corrected chi connectivity index (χ0v) is 26.2. The van der Waals surface area contributed by atoms with Gasteiger partial charge in [0, 0.05) is 28.2 Å². The molecule has 226 valence electrons. The number of aryl methyl sites for hydroxylation is 1. The van der Waals surface area contributed by atoms with Crippen molar-refractivity contribution in [1.82, 2.24) is 4.57 Å². The number of hydrogen-bond donors (Lipinski definition) is 0. The zero-order chi connectivity index (χ0) is 32.2. The molecule has 0 saturated heterocycles. The van der Waals surface area contributed by atoms with E-state index < -0.39 is 0 Å². The summed E-state index contributed by atoms with van der Waals surface area (Å²) in [6.45, 7) is 0. The van der Waals surface area contributed by atoms with Gasteiger partial charge in [-0.25, -0.2) is 0 Å². The van der Waals surface area contributed by atoms with E-state index >= 15 is 0 Å². The minimum atomic E-state index is 0.0381. The number of anilines is 2. The highest BCUT2D eigenvalue weighted by molar-refractivity contribution is 5.98. The van der Waals surface area contributed by atoms with Crippen LogP contribution >= 0.6 is 0 Å². The second-order valence-corrected chi connectivity index (χ2v) is 12.6. The molecule has 3 aliphatic rings. The Morgan fingerprint density at radius 1 is 0.688 bits per heavy atom. The lowest BCUT2D eigenvalue weighted by molar-refractivity contribution is 0.721. The van der Waals surface area contributed by atoms with E-state index in [1.54, 1.807) is 0 Å². The Bertz CT molecular complexity index is 2440. The quantitative estimate of drug-likeness (QED) is 0.199. The van der Waals surface area contributed by atoms with Gasteiger partial charge in [-0.1, -0.05) is 91.0 Å². The van der Waals surface area contributed by atoms with Crippen molar-refractivity contribution in [3.8, 4) is 17.8 Å². The Kier molecular flexibility index (Phi) is 6.49. The molecule has 1 aliphatic heterocycles. The number of nitriles is 2. The Morgan fingerprint density at radius 2 is 1.48 bits per heavy atom. The number of aromatic nitrogens is 1. The van der Waals surface area contributed by atoms with Gasteiger partial charge in [0.15, 0.2) is 0 Å². The van der Waals surface area contributed by atoms with Crippen molar-refractivity contribution in [3.05, 3.63) is 179 Å². The van der Waals surface area contributed by atoms with Crippen LogP contribution in [-0.4, -0.2) is 10.6 Å². The fourth-order valence-electron chi connectivity index (χ4n) is 8.14. The van der Waals surface area contributed by atoms with Crippen molar-refractivity contribution < 1.29 is 0 Å². The van der Waals surface area contributed by atoms with Gasteiger partial charge in [-0.15, -0.1) is 0 Å².